The second-order valence-corrected chi connectivity index (χ2v) is 6.47. The van der Waals surface area contributed by atoms with E-state index in [4.69, 9.17) is 5.73 Å². The van der Waals surface area contributed by atoms with Gasteiger partial charge in [0.15, 0.2) is 0 Å². The summed E-state index contributed by atoms with van der Waals surface area (Å²) in [5.41, 5.74) is 10.6. The van der Waals surface area contributed by atoms with Crippen LogP contribution in [-0.4, -0.2) is 6.21 Å². The van der Waals surface area contributed by atoms with Crippen molar-refractivity contribution in [1.82, 2.24) is 0 Å². The van der Waals surface area contributed by atoms with Gasteiger partial charge in [0, 0.05) is 18.1 Å². The van der Waals surface area contributed by atoms with Crippen molar-refractivity contribution in [2.24, 2.45) is 10.9 Å². The minimum atomic E-state index is 0.422. The lowest BCUT2D eigenvalue weighted by molar-refractivity contribution is 0.567. The molecule has 2 atom stereocenters. The number of hydrogen-bond acceptors (Lipinski definition) is 2. The number of nitrogens with two attached hydrogens (primary N) is 1. The third-order valence-corrected chi connectivity index (χ3v) is 4.17. The SMILES string of the molecule is C\C=C/C=C\C(=C\C(C)CC(C)c1ccccc1N)C(\C)=C\N=C/C. The second-order valence-electron chi connectivity index (χ2n) is 6.47. The van der Waals surface area contributed by atoms with E-state index in [0.717, 1.165) is 17.7 Å². The summed E-state index contributed by atoms with van der Waals surface area (Å²) in [5.74, 6) is 0.861. The summed E-state index contributed by atoms with van der Waals surface area (Å²) in [4.78, 5) is 4.25. The Hall–Kier alpha value is -2.35. The minimum Gasteiger partial charge on any atom is -0.398 e. The number of rotatable bonds is 8. The molecule has 0 amide bonds. The van der Waals surface area contributed by atoms with E-state index in [1.165, 1.54) is 11.1 Å². The van der Waals surface area contributed by atoms with Crippen LogP contribution in [-0.2, 0) is 0 Å². The fourth-order valence-electron chi connectivity index (χ4n) is 2.87. The highest BCUT2D eigenvalue weighted by Crippen LogP contribution is 2.29. The third kappa shape index (κ3) is 7.38. The van der Waals surface area contributed by atoms with Gasteiger partial charge in [-0.1, -0.05) is 62.4 Å². The lowest BCUT2D eigenvalue weighted by atomic mass is 9.88. The van der Waals surface area contributed by atoms with Crippen LogP contribution in [0.3, 0.4) is 0 Å². The minimum absolute atomic E-state index is 0.422. The van der Waals surface area contributed by atoms with Crippen LogP contribution in [0.1, 0.15) is 52.5 Å². The van der Waals surface area contributed by atoms with Crippen LogP contribution >= 0.6 is 0 Å². The van der Waals surface area contributed by atoms with Crippen molar-refractivity contribution in [3.05, 3.63) is 77.6 Å². The molecular formula is C23H32N2. The van der Waals surface area contributed by atoms with Gasteiger partial charge in [-0.3, -0.25) is 4.99 Å². The molecule has 2 N–H and O–H groups in total. The van der Waals surface area contributed by atoms with Gasteiger partial charge in [0.2, 0.25) is 0 Å². The maximum Gasteiger partial charge on any atom is 0.0349 e. The van der Waals surface area contributed by atoms with Crippen molar-refractivity contribution in [2.45, 2.75) is 47.0 Å². The second kappa shape index (κ2) is 11.2. The quantitative estimate of drug-likeness (QED) is 0.330. The molecule has 0 aromatic heterocycles. The molecule has 1 rings (SSSR count). The average Bonchev–Trinajstić information content (AvgIpc) is 2.59. The molecule has 0 saturated heterocycles. The molecule has 0 aliphatic carbocycles. The molecule has 0 spiro atoms. The Morgan fingerprint density at radius 1 is 1.16 bits per heavy atom. The number of anilines is 1. The van der Waals surface area contributed by atoms with Gasteiger partial charge in [-0.15, -0.1) is 0 Å². The highest BCUT2D eigenvalue weighted by molar-refractivity contribution is 5.55. The molecule has 0 aliphatic rings. The lowest BCUT2D eigenvalue weighted by Gasteiger charge is -2.18. The highest BCUT2D eigenvalue weighted by atomic mass is 14.7. The van der Waals surface area contributed by atoms with E-state index in [9.17, 15) is 0 Å². The van der Waals surface area contributed by atoms with Gasteiger partial charge < -0.3 is 5.73 Å². The number of hydrogen-bond donors (Lipinski definition) is 1. The van der Waals surface area contributed by atoms with Gasteiger partial charge in [0.05, 0.1) is 0 Å². The molecule has 0 bridgehead atoms. The summed E-state index contributed by atoms with van der Waals surface area (Å²) < 4.78 is 0. The molecule has 2 nitrogen and oxygen atoms in total. The van der Waals surface area contributed by atoms with E-state index < -0.39 is 0 Å². The number of nitrogens with zero attached hydrogens (tertiary/aromatic N) is 1. The summed E-state index contributed by atoms with van der Waals surface area (Å²) in [6.45, 7) is 10.6. The predicted molar refractivity (Wildman–Crippen MR) is 113 cm³/mol. The van der Waals surface area contributed by atoms with Gasteiger partial charge in [-0.05, 0) is 61.8 Å². The molecule has 0 radical (unpaired) electrons. The fourth-order valence-corrected chi connectivity index (χ4v) is 2.87. The number of allylic oxidation sites excluding steroid dienone is 7. The molecule has 0 fully saturated rings. The van der Waals surface area contributed by atoms with E-state index in [1.54, 1.807) is 6.21 Å². The molecule has 1 aromatic rings. The highest BCUT2D eigenvalue weighted by Gasteiger charge is 2.12. The largest absolute Gasteiger partial charge is 0.398 e. The first-order valence-corrected chi connectivity index (χ1v) is 9.00. The monoisotopic (exact) mass is 336 g/mol. The van der Waals surface area contributed by atoms with Crippen molar-refractivity contribution in [2.75, 3.05) is 5.73 Å². The Bertz CT molecular complexity index is 675. The Labute approximate surface area is 153 Å². The van der Waals surface area contributed by atoms with Crippen LogP contribution in [0.5, 0.6) is 0 Å². The molecule has 134 valence electrons. The molecule has 0 saturated carbocycles. The number of nitrogen functional groups attached to an aromatic ring is 1. The van der Waals surface area contributed by atoms with Gasteiger partial charge >= 0.3 is 0 Å². The molecule has 0 aliphatic heterocycles. The smallest absolute Gasteiger partial charge is 0.0349 e. The first kappa shape index (κ1) is 20.7. The van der Waals surface area contributed by atoms with Gasteiger partial charge in [0.1, 0.15) is 0 Å². The lowest BCUT2D eigenvalue weighted by Crippen LogP contribution is -2.04. The number of para-hydroxylation sites is 1. The van der Waals surface area contributed by atoms with Crippen molar-refractivity contribution in [3.8, 4) is 0 Å². The van der Waals surface area contributed by atoms with Gasteiger partial charge in [-0.2, -0.15) is 0 Å². The van der Waals surface area contributed by atoms with Crippen molar-refractivity contribution in [1.29, 1.82) is 0 Å². The summed E-state index contributed by atoms with van der Waals surface area (Å²) in [6, 6.07) is 8.16. The number of benzene rings is 1. The molecule has 25 heavy (non-hydrogen) atoms. The van der Waals surface area contributed by atoms with E-state index in [2.05, 4.69) is 56.1 Å². The molecule has 0 heterocycles. The average molecular weight is 337 g/mol. The fraction of sp³-hybridized carbons (Fsp3) is 0.348. The number of aliphatic imine (C=N–C) groups is 1. The molecular weight excluding hydrogens is 304 g/mol. The van der Waals surface area contributed by atoms with Crippen LogP contribution in [0.25, 0.3) is 0 Å². The van der Waals surface area contributed by atoms with Crippen LogP contribution in [0.15, 0.2) is 77.0 Å². The first-order chi connectivity index (χ1) is 12.0. The van der Waals surface area contributed by atoms with E-state index in [1.807, 2.05) is 44.3 Å². The summed E-state index contributed by atoms with van der Waals surface area (Å²) in [7, 11) is 0. The maximum atomic E-state index is 6.12. The van der Waals surface area contributed by atoms with E-state index in [0.29, 0.717) is 11.8 Å². The molecule has 2 unspecified atom stereocenters. The Morgan fingerprint density at radius 2 is 1.88 bits per heavy atom. The van der Waals surface area contributed by atoms with Crippen molar-refractivity contribution < 1.29 is 0 Å². The van der Waals surface area contributed by atoms with E-state index in [-0.39, 0.29) is 0 Å². The summed E-state index contributed by atoms with van der Waals surface area (Å²) >= 11 is 0. The molecule has 2 heteroatoms. The Balaban J connectivity index is 2.96. The van der Waals surface area contributed by atoms with Crippen LogP contribution in [0.2, 0.25) is 0 Å². The summed E-state index contributed by atoms with van der Waals surface area (Å²) in [6.07, 6.45) is 15.4. The normalized spacial score (nSPS) is 16.2. The van der Waals surface area contributed by atoms with Gasteiger partial charge in [0.25, 0.3) is 0 Å². The molecule has 1 aromatic carbocycles. The Kier molecular flexibility index (Phi) is 9.31. The van der Waals surface area contributed by atoms with E-state index >= 15 is 0 Å². The third-order valence-electron chi connectivity index (χ3n) is 4.17. The van der Waals surface area contributed by atoms with Crippen LogP contribution in [0.4, 0.5) is 5.69 Å². The zero-order chi connectivity index (χ0) is 18.7. The van der Waals surface area contributed by atoms with Gasteiger partial charge in [-0.25, -0.2) is 0 Å². The predicted octanol–water partition coefficient (Wildman–Crippen LogP) is 6.45. The standard InChI is InChI=1S/C23H32N2/c1-6-8-9-12-21(20(5)17-25-7-2)16-18(3)15-19(4)22-13-10-11-14-23(22)24/h6-14,16-19H,15,24H2,1-5H3/b8-6-,12-9-,20-17+,21-16-,25-7-. The van der Waals surface area contributed by atoms with Crippen LogP contribution in [0, 0.1) is 5.92 Å². The maximum absolute atomic E-state index is 6.12. The van der Waals surface area contributed by atoms with Crippen molar-refractivity contribution in [3.63, 3.8) is 0 Å². The van der Waals surface area contributed by atoms with Crippen LogP contribution < -0.4 is 5.73 Å². The van der Waals surface area contributed by atoms with Crippen molar-refractivity contribution >= 4 is 11.9 Å². The topological polar surface area (TPSA) is 38.4 Å². The Morgan fingerprint density at radius 3 is 2.52 bits per heavy atom. The zero-order valence-corrected chi connectivity index (χ0v) is 16.2. The first-order valence-electron chi connectivity index (χ1n) is 9.00. The summed E-state index contributed by atoms with van der Waals surface area (Å²) in [5, 5.41) is 0. The zero-order valence-electron chi connectivity index (χ0n) is 16.2.